The predicted octanol–water partition coefficient (Wildman–Crippen LogP) is 1.93. The van der Waals surface area contributed by atoms with E-state index in [-0.39, 0.29) is 5.92 Å². The number of rotatable bonds is 3. The molecule has 2 atom stereocenters. The molecular formula is C12H19NO4. The predicted molar refractivity (Wildman–Crippen MR) is 62.7 cm³/mol. The summed E-state index contributed by atoms with van der Waals surface area (Å²) in [4.78, 5) is 22.9. The zero-order valence-electron chi connectivity index (χ0n) is 10.4. The number of carbonyl (C=O) groups is 2. The SMILES string of the molecule is C=CC1CCC1(NC(=O)OC(C)(C)C)C(=O)O. The lowest BCUT2D eigenvalue weighted by atomic mass is 9.66. The minimum Gasteiger partial charge on any atom is -0.479 e. The van der Waals surface area contributed by atoms with Crippen LogP contribution in [0.1, 0.15) is 33.6 Å². The Morgan fingerprint density at radius 1 is 1.53 bits per heavy atom. The Kier molecular flexibility index (Phi) is 3.50. The topological polar surface area (TPSA) is 75.6 Å². The van der Waals surface area contributed by atoms with Crippen molar-refractivity contribution in [3.8, 4) is 0 Å². The molecule has 0 aromatic heterocycles. The molecular weight excluding hydrogens is 222 g/mol. The van der Waals surface area contributed by atoms with Crippen LogP contribution in [0.5, 0.6) is 0 Å². The van der Waals surface area contributed by atoms with E-state index in [9.17, 15) is 14.7 Å². The van der Waals surface area contributed by atoms with Crippen molar-refractivity contribution < 1.29 is 19.4 Å². The van der Waals surface area contributed by atoms with Crippen molar-refractivity contribution in [2.45, 2.75) is 44.8 Å². The van der Waals surface area contributed by atoms with Gasteiger partial charge in [-0.25, -0.2) is 9.59 Å². The molecule has 17 heavy (non-hydrogen) atoms. The molecule has 1 saturated carbocycles. The van der Waals surface area contributed by atoms with Crippen LogP contribution in [0.3, 0.4) is 0 Å². The Hall–Kier alpha value is -1.52. The largest absolute Gasteiger partial charge is 0.479 e. The van der Waals surface area contributed by atoms with Crippen molar-refractivity contribution in [2.24, 2.45) is 5.92 Å². The molecule has 0 aromatic carbocycles. The first-order valence-corrected chi connectivity index (χ1v) is 5.58. The van der Waals surface area contributed by atoms with E-state index in [0.717, 1.165) is 0 Å². The molecule has 0 aromatic rings. The van der Waals surface area contributed by atoms with Crippen LogP contribution in [0.15, 0.2) is 12.7 Å². The minimum atomic E-state index is -1.25. The van der Waals surface area contributed by atoms with Crippen molar-refractivity contribution in [3.05, 3.63) is 12.7 Å². The van der Waals surface area contributed by atoms with E-state index >= 15 is 0 Å². The fourth-order valence-electron chi connectivity index (χ4n) is 1.88. The van der Waals surface area contributed by atoms with E-state index in [1.165, 1.54) is 0 Å². The van der Waals surface area contributed by atoms with Crippen molar-refractivity contribution in [1.29, 1.82) is 0 Å². The van der Waals surface area contributed by atoms with E-state index in [4.69, 9.17) is 4.74 Å². The molecule has 0 radical (unpaired) electrons. The molecule has 0 saturated heterocycles. The van der Waals surface area contributed by atoms with Gasteiger partial charge in [-0.05, 0) is 33.6 Å². The highest BCUT2D eigenvalue weighted by atomic mass is 16.6. The third-order valence-corrected chi connectivity index (χ3v) is 2.87. The molecule has 0 spiro atoms. The van der Waals surface area contributed by atoms with Gasteiger partial charge in [-0.15, -0.1) is 6.58 Å². The summed E-state index contributed by atoms with van der Waals surface area (Å²) in [5, 5.41) is 11.7. The first-order valence-electron chi connectivity index (χ1n) is 5.58. The van der Waals surface area contributed by atoms with Gasteiger partial charge in [0.1, 0.15) is 11.1 Å². The zero-order chi connectivity index (χ0) is 13.3. The number of hydrogen-bond acceptors (Lipinski definition) is 3. The summed E-state index contributed by atoms with van der Waals surface area (Å²) in [5.74, 6) is -1.29. The number of carboxylic acid groups (broad SMARTS) is 1. The molecule has 5 nitrogen and oxygen atoms in total. The number of carbonyl (C=O) groups excluding carboxylic acids is 1. The fourth-order valence-corrected chi connectivity index (χ4v) is 1.88. The minimum absolute atomic E-state index is 0.243. The van der Waals surface area contributed by atoms with Gasteiger partial charge in [-0.3, -0.25) is 0 Å². The molecule has 1 aliphatic carbocycles. The van der Waals surface area contributed by atoms with Crippen LogP contribution in [0, 0.1) is 5.92 Å². The summed E-state index contributed by atoms with van der Waals surface area (Å²) in [5.41, 5.74) is -1.89. The van der Waals surface area contributed by atoms with Crippen LogP contribution in [0.25, 0.3) is 0 Å². The fraction of sp³-hybridized carbons (Fsp3) is 0.667. The van der Waals surface area contributed by atoms with E-state index in [2.05, 4.69) is 11.9 Å². The molecule has 96 valence electrons. The van der Waals surface area contributed by atoms with Gasteiger partial charge in [0.25, 0.3) is 0 Å². The molecule has 1 rings (SSSR count). The lowest BCUT2D eigenvalue weighted by Gasteiger charge is -2.44. The highest BCUT2D eigenvalue weighted by Crippen LogP contribution is 2.39. The molecule has 0 aliphatic heterocycles. The first kappa shape index (κ1) is 13.5. The van der Waals surface area contributed by atoms with Gasteiger partial charge in [-0.1, -0.05) is 6.08 Å². The third kappa shape index (κ3) is 2.78. The maximum absolute atomic E-state index is 11.6. The summed E-state index contributed by atoms with van der Waals surface area (Å²) in [7, 11) is 0. The van der Waals surface area contributed by atoms with Gasteiger partial charge in [0.05, 0.1) is 0 Å². The number of carboxylic acids is 1. The Morgan fingerprint density at radius 3 is 2.41 bits per heavy atom. The molecule has 2 unspecified atom stereocenters. The summed E-state index contributed by atoms with van der Waals surface area (Å²) >= 11 is 0. The number of aliphatic carboxylic acids is 1. The molecule has 0 heterocycles. The summed E-state index contributed by atoms with van der Waals surface area (Å²) < 4.78 is 5.06. The van der Waals surface area contributed by atoms with Gasteiger partial charge in [0.15, 0.2) is 0 Å². The number of ether oxygens (including phenoxy) is 1. The van der Waals surface area contributed by atoms with Crippen LogP contribution in [0.4, 0.5) is 4.79 Å². The quantitative estimate of drug-likeness (QED) is 0.740. The first-order chi connectivity index (χ1) is 7.71. The maximum Gasteiger partial charge on any atom is 0.408 e. The van der Waals surface area contributed by atoms with Crippen molar-refractivity contribution >= 4 is 12.1 Å². The third-order valence-electron chi connectivity index (χ3n) is 2.87. The highest BCUT2D eigenvalue weighted by molar-refractivity contribution is 5.86. The van der Waals surface area contributed by atoms with Crippen LogP contribution < -0.4 is 5.32 Å². The standard InChI is InChI=1S/C12H19NO4/c1-5-8-6-7-12(8,9(14)15)13-10(16)17-11(2,3)4/h5,8H,1,6-7H2,2-4H3,(H,13,16)(H,14,15). The Balaban J connectivity index is 2.73. The van der Waals surface area contributed by atoms with Gasteiger partial charge in [0.2, 0.25) is 0 Å². The van der Waals surface area contributed by atoms with Crippen molar-refractivity contribution in [2.75, 3.05) is 0 Å². The normalized spacial score (nSPS) is 27.8. The van der Waals surface area contributed by atoms with Crippen molar-refractivity contribution in [1.82, 2.24) is 5.32 Å². The highest BCUT2D eigenvalue weighted by Gasteiger charge is 2.53. The average molecular weight is 241 g/mol. The van der Waals surface area contributed by atoms with Gasteiger partial charge < -0.3 is 15.2 Å². The van der Waals surface area contributed by atoms with Crippen LogP contribution in [-0.2, 0) is 9.53 Å². The van der Waals surface area contributed by atoms with Gasteiger partial charge in [-0.2, -0.15) is 0 Å². The van der Waals surface area contributed by atoms with E-state index in [0.29, 0.717) is 12.8 Å². The Labute approximate surface area is 101 Å². The average Bonchev–Trinajstić information content (AvgIpc) is 2.09. The Morgan fingerprint density at radius 2 is 2.12 bits per heavy atom. The second kappa shape index (κ2) is 4.39. The van der Waals surface area contributed by atoms with E-state index in [1.54, 1.807) is 26.8 Å². The summed E-state index contributed by atoms with van der Waals surface area (Å²) in [6.07, 6.45) is 1.98. The monoisotopic (exact) mass is 241 g/mol. The molecule has 1 amide bonds. The number of hydrogen-bond donors (Lipinski definition) is 2. The van der Waals surface area contributed by atoms with Gasteiger partial charge >= 0.3 is 12.1 Å². The summed E-state index contributed by atoms with van der Waals surface area (Å²) in [6.45, 7) is 8.77. The molecule has 2 N–H and O–H groups in total. The summed E-state index contributed by atoms with van der Waals surface area (Å²) in [6, 6.07) is 0. The second-order valence-corrected chi connectivity index (χ2v) is 5.28. The molecule has 1 fully saturated rings. The molecule has 0 bridgehead atoms. The number of alkyl carbamates (subject to hydrolysis) is 1. The van der Waals surface area contributed by atoms with Crippen LogP contribution >= 0.6 is 0 Å². The van der Waals surface area contributed by atoms with E-state index < -0.39 is 23.2 Å². The second-order valence-electron chi connectivity index (χ2n) is 5.28. The Bertz CT molecular complexity index is 345. The number of amides is 1. The van der Waals surface area contributed by atoms with Gasteiger partial charge in [0, 0.05) is 5.92 Å². The smallest absolute Gasteiger partial charge is 0.408 e. The zero-order valence-corrected chi connectivity index (χ0v) is 10.4. The van der Waals surface area contributed by atoms with Crippen LogP contribution in [-0.4, -0.2) is 28.3 Å². The number of nitrogens with one attached hydrogen (secondary N) is 1. The lowest BCUT2D eigenvalue weighted by molar-refractivity contribution is -0.151. The van der Waals surface area contributed by atoms with E-state index in [1.807, 2.05) is 0 Å². The molecule has 1 aliphatic rings. The lowest BCUT2D eigenvalue weighted by Crippen LogP contribution is -2.65. The molecule has 5 heteroatoms. The maximum atomic E-state index is 11.6. The van der Waals surface area contributed by atoms with Crippen LogP contribution in [0.2, 0.25) is 0 Å². The van der Waals surface area contributed by atoms with Crippen molar-refractivity contribution in [3.63, 3.8) is 0 Å².